The maximum atomic E-state index is 10.6. The molecular weight excluding hydrogens is 198 g/mol. The van der Waals surface area contributed by atoms with Crippen molar-refractivity contribution in [2.24, 2.45) is 0 Å². The first-order chi connectivity index (χ1) is 7.24. The number of methoxy groups -OCH3 is 1. The lowest BCUT2D eigenvalue weighted by Crippen LogP contribution is -2.10. The molecule has 0 aliphatic carbocycles. The van der Waals surface area contributed by atoms with E-state index >= 15 is 0 Å². The Labute approximate surface area is 87.3 Å². The van der Waals surface area contributed by atoms with Crippen molar-refractivity contribution in [1.82, 2.24) is 9.97 Å². The number of carboxylic acids is 1. The normalized spacial score (nSPS) is 9.93. The molecule has 0 aliphatic heterocycles. The molecule has 1 aromatic heterocycles. The first kappa shape index (κ1) is 11.4. The SMILES string of the molecule is COCCCNc1nccc(C(=O)O)n1. The number of aromatic nitrogens is 2. The molecule has 0 aliphatic rings. The summed E-state index contributed by atoms with van der Waals surface area (Å²) in [6.07, 6.45) is 2.23. The molecule has 0 radical (unpaired) electrons. The van der Waals surface area contributed by atoms with E-state index in [9.17, 15) is 4.79 Å². The molecule has 6 nitrogen and oxygen atoms in total. The van der Waals surface area contributed by atoms with Crippen LogP contribution in [-0.4, -0.2) is 41.3 Å². The van der Waals surface area contributed by atoms with Crippen LogP contribution in [0.1, 0.15) is 16.9 Å². The van der Waals surface area contributed by atoms with Gasteiger partial charge in [-0.3, -0.25) is 0 Å². The van der Waals surface area contributed by atoms with Crippen molar-refractivity contribution in [3.63, 3.8) is 0 Å². The highest BCUT2D eigenvalue weighted by molar-refractivity contribution is 5.85. The van der Waals surface area contributed by atoms with Crippen LogP contribution in [0.4, 0.5) is 5.95 Å². The smallest absolute Gasteiger partial charge is 0.354 e. The van der Waals surface area contributed by atoms with Crippen molar-refractivity contribution in [1.29, 1.82) is 0 Å². The van der Waals surface area contributed by atoms with Crippen molar-refractivity contribution < 1.29 is 14.6 Å². The van der Waals surface area contributed by atoms with Gasteiger partial charge in [-0.05, 0) is 12.5 Å². The second-order valence-corrected chi connectivity index (χ2v) is 2.84. The Kier molecular flexibility index (Phi) is 4.49. The molecule has 1 rings (SSSR count). The fourth-order valence-corrected chi connectivity index (χ4v) is 0.980. The quantitative estimate of drug-likeness (QED) is 0.671. The third-order valence-corrected chi connectivity index (χ3v) is 1.68. The Morgan fingerprint density at radius 2 is 2.47 bits per heavy atom. The van der Waals surface area contributed by atoms with Gasteiger partial charge in [0.05, 0.1) is 0 Å². The van der Waals surface area contributed by atoms with E-state index in [4.69, 9.17) is 9.84 Å². The monoisotopic (exact) mass is 211 g/mol. The summed E-state index contributed by atoms with van der Waals surface area (Å²) in [5.74, 6) is -0.733. The van der Waals surface area contributed by atoms with Crippen molar-refractivity contribution in [2.45, 2.75) is 6.42 Å². The van der Waals surface area contributed by atoms with Crippen LogP contribution in [0.15, 0.2) is 12.3 Å². The van der Waals surface area contributed by atoms with Gasteiger partial charge in [0.15, 0.2) is 5.69 Å². The topological polar surface area (TPSA) is 84.3 Å². The van der Waals surface area contributed by atoms with Crippen molar-refractivity contribution >= 4 is 11.9 Å². The van der Waals surface area contributed by atoms with Crippen LogP contribution < -0.4 is 5.32 Å². The number of rotatable bonds is 6. The predicted molar refractivity (Wildman–Crippen MR) is 54.0 cm³/mol. The largest absolute Gasteiger partial charge is 0.477 e. The summed E-state index contributed by atoms with van der Waals surface area (Å²) < 4.78 is 4.87. The molecule has 15 heavy (non-hydrogen) atoms. The van der Waals surface area contributed by atoms with Crippen LogP contribution in [0.5, 0.6) is 0 Å². The third-order valence-electron chi connectivity index (χ3n) is 1.68. The van der Waals surface area contributed by atoms with E-state index in [1.807, 2.05) is 0 Å². The fraction of sp³-hybridized carbons (Fsp3) is 0.444. The highest BCUT2D eigenvalue weighted by Crippen LogP contribution is 2.00. The Bertz CT molecular complexity index is 330. The highest BCUT2D eigenvalue weighted by Gasteiger charge is 2.05. The fourth-order valence-electron chi connectivity index (χ4n) is 0.980. The number of nitrogens with one attached hydrogen (secondary N) is 1. The molecule has 6 heteroatoms. The van der Waals surface area contributed by atoms with Crippen molar-refractivity contribution in [2.75, 3.05) is 25.6 Å². The standard InChI is InChI=1S/C9H13N3O3/c1-15-6-2-4-10-9-11-5-3-7(12-9)8(13)14/h3,5H,2,4,6H2,1H3,(H,13,14)(H,10,11,12). The van der Waals surface area contributed by atoms with Crippen LogP contribution in [0.25, 0.3) is 0 Å². The minimum absolute atomic E-state index is 0.0146. The zero-order valence-corrected chi connectivity index (χ0v) is 8.43. The number of aromatic carboxylic acids is 1. The number of carboxylic acid groups (broad SMARTS) is 1. The van der Waals surface area contributed by atoms with Gasteiger partial charge in [0.25, 0.3) is 0 Å². The van der Waals surface area contributed by atoms with Gasteiger partial charge in [-0.25, -0.2) is 14.8 Å². The average molecular weight is 211 g/mol. The van der Waals surface area contributed by atoms with E-state index in [0.717, 1.165) is 6.42 Å². The van der Waals surface area contributed by atoms with E-state index < -0.39 is 5.97 Å². The Hall–Kier alpha value is -1.69. The minimum Gasteiger partial charge on any atom is -0.477 e. The van der Waals surface area contributed by atoms with Gasteiger partial charge in [-0.15, -0.1) is 0 Å². The van der Waals surface area contributed by atoms with E-state index in [-0.39, 0.29) is 5.69 Å². The van der Waals surface area contributed by atoms with Gasteiger partial charge >= 0.3 is 5.97 Å². The maximum Gasteiger partial charge on any atom is 0.354 e. The van der Waals surface area contributed by atoms with E-state index in [1.165, 1.54) is 12.3 Å². The molecule has 0 amide bonds. The lowest BCUT2D eigenvalue weighted by atomic mass is 10.4. The van der Waals surface area contributed by atoms with Gasteiger partial charge in [0.2, 0.25) is 5.95 Å². The molecule has 0 fully saturated rings. The molecule has 2 N–H and O–H groups in total. The molecule has 0 spiro atoms. The van der Waals surface area contributed by atoms with Crippen LogP contribution in [0.3, 0.4) is 0 Å². The van der Waals surface area contributed by atoms with Gasteiger partial charge in [-0.1, -0.05) is 0 Å². The average Bonchev–Trinajstić information content (AvgIpc) is 2.25. The summed E-state index contributed by atoms with van der Waals surface area (Å²) in [4.78, 5) is 18.3. The zero-order chi connectivity index (χ0) is 11.1. The Balaban J connectivity index is 2.47. The van der Waals surface area contributed by atoms with E-state index in [2.05, 4.69) is 15.3 Å². The van der Waals surface area contributed by atoms with Gasteiger partial charge in [0, 0.05) is 26.5 Å². The highest BCUT2D eigenvalue weighted by atomic mass is 16.5. The molecule has 0 atom stereocenters. The molecule has 0 unspecified atom stereocenters. The number of anilines is 1. The maximum absolute atomic E-state index is 10.6. The first-order valence-electron chi connectivity index (χ1n) is 4.53. The summed E-state index contributed by atoms with van der Waals surface area (Å²) in [5, 5.41) is 11.6. The second-order valence-electron chi connectivity index (χ2n) is 2.84. The molecule has 1 heterocycles. The van der Waals surface area contributed by atoms with Gasteiger partial charge in [0.1, 0.15) is 0 Å². The van der Waals surface area contributed by atoms with Crippen molar-refractivity contribution in [3.05, 3.63) is 18.0 Å². The van der Waals surface area contributed by atoms with Gasteiger partial charge < -0.3 is 15.2 Å². The number of hydrogen-bond donors (Lipinski definition) is 2. The summed E-state index contributed by atoms with van der Waals surface area (Å²) in [6, 6.07) is 1.35. The lowest BCUT2D eigenvalue weighted by Gasteiger charge is -2.03. The van der Waals surface area contributed by atoms with Gasteiger partial charge in [-0.2, -0.15) is 0 Å². The molecule has 0 aromatic carbocycles. The van der Waals surface area contributed by atoms with Crippen LogP contribution in [-0.2, 0) is 4.74 Å². The molecular formula is C9H13N3O3. The zero-order valence-electron chi connectivity index (χ0n) is 8.43. The molecule has 0 bridgehead atoms. The van der Waals surface area contributed by atoms with Crippen LogP contribution >= 0.6 is 0 Å². The molecule has 1 aromatic rings. The third kappa shape index (κ3) is 3.90. The summed E-state index contributed by atoms with van der Waals surface area (Å²) >= 11 is 0. The molecule has 82 valence electrons. The summed E-state index contributed by atoms with van der Waals surface area (Å²) in [7, 11) is 1.63. The Morgan fingerprint density at radius 3 is 3.13 bits per heavy atom. The minimum atomic E-state index is -1.06. The molecule has 0 saturated heterocycles. The predicted octanol–water partition coefficient (Wildman–Crippen LogP) is 0.623. The van der Waals surface area contributed by atoms with Crippen LogP contribution in [0.2, 0.25) is 0 Å². The first-order valence-corrected chi connectivity index (χ1v) is 4.53. The Morgan fingerprint density at radius 1 is 1.67 bits per heavy atom. The number of hydrogen-bond acceptors (Lipinski definition) is 5. The molecule has 0 saturated carbocycles. The van der Waals surface area contributed by atoms with E-state index in [1.54, 1.807) is 7.11 Å². The second kappa shape index (κ2) is 5.92. The number of nitrogens with zero attached hydrogens (tertiary/aromatic N) is 2. The lowest BCUT2D eigenvalue weighted by molar-refractivity contribution is 0.0690. The number of carbonyl (C=O) groups is 1. The van der Waals surface area contributed by atoms with Crippen molar-refractivity contribution in [3.8, 4) is 0 Å². The van der Waals surface area contributed by atoms with E-state index in [0.29, 0.717) is 19.1 Å². The number of ether oxygens (including phenoxy) is 1. The summed E-state index contributed by atoms with van der Waals surface area (Å²) in [6.45, 7) is 1.29. The van der Waals surface area contributed by atoms with Crippen LogP contribution in [0, 0.1) is 0 Å². The summed E-state index contributed by atoms with van der Waals surface area (Å²) in [5.41, 5.74) is -0.0146.